The van der Waals surface area contributed by atoms with Crippen LogP contribution in [0.4, 0.5) is 9.18 Å². The first-order valence-electron chi connectivity index (χ1n) is 5.75. The van der Waals surface area contributed by atoms with Crippen LogP contribution in [0, 0.1) is 5.82 Å². The lowest BCUT2D eigenvalue weighted by molar-refractivity contribution is -0.122. The fourth-order valence-corrected chi connectivity index (χ4v) is 1.94. The van der Waals surface area contributed by atoms with E-state index in [0.717, 1.165) is 4.90 Å². The molecule has 1 aliphatic rings. The van der Waals surface area contributed by atoms with Crippen molar-refractivity contribution in [2.45, 2.75) is 6.54 Å². The van der Waals surface area contributed by atoms with Gasteiger partial charge >= 0.3 is 6.03 Å². The maximum Gasteiger partial charge on any atom is 0.325 e. The standard InChI is InChI=1S/C12H11BrFN3O3/c13-8-2-1-7(3-9(8)14)4-15-10(18)5-17-6-11(19)16-12(17)20/h1-3H,4-6H2,(H,15,18)(H,16,19,20). The van der Waals surface area contributed by atoms with Gasteiger partial charge in [-0.2, -0.15) is 0 Å². The first-order valence-corrected chi connectivity index (χ1v) is 6.54. The van der Waals surface area contributed by atoms with Crippen LogP contribution in [-0.4, -0.2) is 35.8 Å². The van der Waals surface area contributed by atoms with Gasteiger partial charge in [-0.3, -0.25) is 14.9 Å². The first kappa shape index (κ1) is 14.4. The average Bonchev–Trinajstić information content (AvgIpc) is 2.69. The van der Waals surface area contributed by atoms with Gasteiger partial charge in [-0.25, -0.2) is 9.18 Å². The highest BCUT2D eigenvalue weighted by atomic mass is 79.9. The molecule has 0 unspecified atom stereocenters. The summed E-state index contributed by atoms with van der Waals surface area (Å²) in [4.78, 5) is 34.9. The van der Waals surface area contributed by atoms with Crippen LogP contribution in [0.2, 0.25) is 0 Å². The van der Waals surface area contributed by atoms with Gasteiger partial charge in [-0.1, -0.05) is 6.07 Å². The Morgan fingerprint density at radius 2 is 2.20 bits per heavy atom. The largest absolute Gasteiger partial charge is 0.350 e. The van der Waals surface area contributed by atoms with E-state index < -0.39 is 23.7 Å². The average molecular weight is 344 g/mol. The van der Waals surface area contributed by atoms with Gasteiger partial charge in [0.05, 0.1) is 4.47 Å². The van der Waals surface area contributed by atoms with Crippen molar-refractivity contribution in [1.82, 2.24) is 15.5 Å². The zero-order valence-electron chi connectivity index (χ0n) is 10.3. The Morgan fingerprint density at radius 3 is 2.80 bits per heavy atom. The molecule has 1 fully saturated rings. The van der Waals surface area contributed by atoms with Gasteiger partial charge in [0.25, 0.3) is 0 Å². The number of nitrogens with one attached hydrogen (secondary N) is 2. The Kier molecular flexibility index (Phi) is 4.33. The molecule has 2 N–H and O–H groups in total. The van der Waals surface area contributed by atoms with Crippen molar-refractivity contribution < 1.29 is 18.8 Å². The smallest absolute Gasteiger partial charge is 0.325 e. The topological polar surface area (TPSA) is 78.5 Å². The number of nitrogens with zero attached hydrogens (tertiary/aromatic N) is 1. The Bertz CT molecular complexity index is 579. The fourth-order valence-electron chi connectivity index (χ4n) is 1.69. The summed E-state index contributed by atoms with van der Waals surface area (Å²) in [5, 5.41) is 4.63. The number of rotatable bonds is 4. The molecule has 0 aromatic heterocycles. The molecule has 1 aromatic carbocycles. The molecule has 1 heterocycles. The maximum absolute atomic E-state index is 13.3. The van der Waals surface area contributed by atoms with Crippen molar-refractivity contribution in [2.75, 3.05) is 13.1 Å². The number of halogens is 2. The molecule has 1 saturated heterocycles. The van der Waals surface area contributed by atoms with Crippen LogP contribution in [0.5, 0.6) is 0 Å². The van der Waals surface area contributed by atoms with Gasteiger partial charge in [0, 0.05) is 6.54 Å². The van der Waals surface area contributed by atoms with Gasteiger partial charge in [-0.05, 0) is 33.6 Å². The lowest BCUT2D eigenvalue weighted by atomic mass is 10.2. The van der Waals surface area contributed by atoms with E-state index in [1.54, 1.807) is 12.1 Å². The van der Waals surface area contributed by atoms with Crippen LogP contribution in [0.3, 0.4) is 0 Å². The zero-order chi connectivity index (χ0) is 14.7. The van der Waals surface area contributed by atoms with Crippen LogP contribution >= 0.6 is 15.9 Å². The second-order valence-corrected chi connectivity index (χ2v) is 5.09. The Balaban J connectivity index is 1.84. The lowest BCUT2D eigenvalue weighted by Crippen LogP contribution is -2.38. The van der Waals surface area contributed by atoms with Crippen LogP contribution in [0.15, 0.2) is 22.7 Å². The first-order chi connectivity index (χ1) is 9.45. The molecule has 0 atom stereocenters. The predicted octanol–water partition coefficient (Wildman–Crippen LogP) is 0.756. The number of benzene rings is 1. The van der Waals surface area contributed by atoms with Crippen molar-refractivity contribution in [2.24, 2.45) is 0 Å². The van der Waals surface area contributed by atoms with Crippen LogP contribution < -0.4 is 10.6 Å². The summed E-state index contributed by atoms with van der Waals surface area (Å²) in [7, 11) is 0. The molecule has 6 nitrogen and oxygen atoms in total. The SMILES string of the molecule is O=C(CN1CC(=O)NC1=O)NCc1ccc(Br)c(F)c1. The molecule has 106 valence electrons. The van der Waals surface area contributed by atoms with E-state index in [-0.39, 0.29) is 19.6 Å². The van der Waals surface area contributed by atoms with Crippen LogP contribution in [0.1, 0.15) is 5.56 Å². The highest BCUT2D eigenvalue weighted by Crippen LogP contribution is 2.16. The summed E-state index contributed by atoms with van der Waals surface area (Å²) in [5.74, 6) is -1.27. The van der Waals surface area contributed by atoms with E-state index in [1.807, 2.05) is 0 Å². The van der Waals surface area contributed by atoms with Gasteiger partial charge in [0.15, 0.2) is 0 Å². The quantitative estimate of drug-likeness (QED) is 0.792. The van der Waals surface area contributed by atoms with E-state index in [9.17, 15) is 18.8 Å². The number of urea groups is 1. The molecule has 20 heavy (non-hydrogen) atoms. The molecule has 0 spiro atoms. The Hall–Kier alpha value is -1.96. The van der Waals surface area contributed by atoms with Crippen molar-refractivity contribution >= 4 is 33.8 Å². The van der Waals surface area contributed by atoms with E-state index in [2.05, 4.69) is 26.6 Å². The molecule has 0 radical (unpaired) electrons. The highest BCUT2D eigenvalue weighted by molar-refractivity contribution is 9.10. The monoisotopic (exact) mass is 343 g/mol. The zero-order valence-corrected chi connectivity index (χ0v) is 11.9. The summed E-state index contributed by atoms with van der Waals surface area (Å²) in [5.41, 5.74) is 0.598. The summed E-state index contributed by atoms with van der Waals surface area (Å²) in [6.45, 7) is -0.192. The van der Waals surface area contributed by atoms with E-state index in [1.165, 1.54) is 6.07 Å². The van der Waals surface area contributed by atoms with Gasteiger partial charge in [0.1, 0.15) is 18.9 Å². The minimum absolute atomic E-state index is 0.126. The normalized spacial score (nSPS) is 14.4. The Morgan fingerprint density at radius 1 is 1.45 bits per heavy atom. The number of hydrogen-bond acceptors (Lipinski definition) is 3. The number of hydrogen-bond donors (Lipinski definition) is 2. The maximum atomic E-state index is 13.3. The van der Waals surface area contributed by atoms with Gasteiger partial charge < -0.3 is 10.2 Å². The minimum Gasteiger partial charge on any atom is -0.350 e. The molecule has 1 aromatic rings. The third-order valence-corrected chi connectivity index (χ3v) is 3.32. The van der Waals surface area contributed by atoms with Crippen molar-refractivity contribution in [3.63, 3.8) is 0 Å². The molecule has 2 rings (SSSR count). The van der Waals surface area contributed by atoms with Crippen molar-refractivity contribution in [1.29, 1.82) is 0 Å². The van der Waals surface area contributed by atoms with E-state index in [4.69, 9.17) is 0 Å². The Labute approximate surface area is 122 Å². The fraction of sp³-hybridized carbons (Fsp3) is 0.250. The molecule has 1 aliphatic heterocycles. The highest BCUT2D eigenvalue weighted by Gasteiger charge is 2.27. The summed E-state index contributed by atoms with van der Waals surface area (Å²) in [6.07, 6.45) is 0. The van der Waals surface area contributed by atoms with E-state index >= 15 is 0 Å². The lowest BCUT2D eigenvalue weighted by Gasteiger charge is -2.12. The molecule has 4 amide bonds. The van der Waals surface area contributed by atoms with E-state index in [0.29, 0.717) is 10.0 Å². The van der Waals surface area contributed by atoms with Crippen LogP contribution in [0.25, 0.3) is 0 Å². The molecule has 0 saturated carbocycles. The summed E-state index contributed by atoms with van der Waals surface area (Å²) in [6, 6.07) is 3.93. The molecule has 0 bridgehead atoms. The third-order valence-electron chi connectivity index (χ3n) is 2.68. The number of imide groups is 1. The second kappa shape index (κ2) is 6.00. The summed E-state index contributed by atoms with van der Waals surface area (Å²) < 4.78 is 13.6. The third kappa shape index (κ3) is 3.53. The molecular weight excluding hydrogens is 333 g/mol. The molecule has 0 aliphatic carbocycles. The predicted molar refractivity (Wildman–Crippen MR) is 71.1 cm³/mol. The minimum atomic E-state index is -0.583. The number of carbonyl (C=O) groups excluding carboxylic acids is 3. The van der Waals surface area contributed by atoms with Crippen molar-refractivity contribution in [3.05, 3.63) is 34.1 Å². The number of carbonyl (C=O) groups is 3. The molecule has 8 heteroatoms. The second-order valence-electron chi connectivity index (χ2n) is 4.23. The van der Waals surface area contributed by atoms with Gasteiger partial charge in [-0.15, -0.1) is 0 Å². The van der Waals surface area contributed by atoms with Crippen LogP contribution in [-0.2, 0) is 16.1 Å². The van der Waals surface area contributed by atoms with Gasteiger partial charge in [0.2, 0.25) is 11.8 Å². The molecular formula is C12H11BrFN3O3. The van der Waals surface area contributed by atoms with Crippen molar-refractivity contribution in [3.8, 4) is 0 Å². The number of amides is 4. The summed E-state index contributed by atoms with van der Waals surface area (Å²) >= 11 is 3.03.